The number of nitrogens with one attached hydrogen (secondary N) is 1. The van der Waals surface area contributed by atoms with E-state index in [0.29, 0.717) is 16.7 Å². The largest absolute Gasteiger partial charge is 0.490 e. The molecule has 2 unspecified atom stereocenters. The summed E-state index contributed by atoms with van der Waals surface area (Å²) in [6.45, 7) is 4.59. The van der Waals surface area contributed by atoms with Gasteiger partial charge in [0.25, 0.3) is 0 Å². The quantitative estimate of drug-likeness (QED) is 0.789. The molecule has 2 aromatic rings. The lowest BCUT2D eigenvalue weighted by molar-refractivity contribution is 0.0457. The van der Waals surface area contributed by atoms with Gasteiger partial charge in [-0.15, -0.1) is 0 Å². The van der Waals surface area contributed by atoms with Gasteiger partial charge in [0.05, 0.1) is 23.4 Å². The molecule has 0 amide bonds. The first-order chi connectivity index (χ1) is 12.0. The average molecular weight is 375 g/mol. The van der Waals surface area contributed by atoms with Gasteiger partial charge in [-0.25, -0.2) is 0 Å². The molecule has 0 spiro atoms. The second-order valence-electron chi connectivity index (χ2n) is 6.38. The molecule has 2 aliphatic heterocycles. The Balaban J connectivity index is 1.82. The van der Waals surface area contributed by atoms with Gasteiger partial charge in [0.2, 0.25) is 0 Å². The summed E-state index contributed by atoms with van der Waals surface area (Å²) in [5, 5.41) is 4.69. The fourth-order valence-electron chi connectivity index (χ4n) is 3.63. The van der Waals surface area contributed by atoms with Gasteiger partial charge in [-0.05, 0) is 44.3 Å². The molecule has 2 aliphatic rings. The zero-order chi connectivity index (χ0) is 17.6. The maximum Gasteiger partial charge on any atom is 0.188 e. The molecule has 6 heteroatoms. The number of para-hydroxylation sites is 2. The van der Waals surface area contributed by atoms with E-state index in [9.17, 15) is 0 Å². The SMILES string of the molecule is CCOc1cccc2c1OC1(C)CC2NC(=S)N1c1ccccc1Cl. The van der Waals surface area contributed by atoms with Gasteiger partial charge in [0, 0.05) is 12.0 Å². The van der Waals surface area contributed by atoms with Gasteiger partial charge in [-0.2, -0.15) is 0 Å². The summed E-state index contributed by atoms with van der Waals surface area (Å²) in [4.78, 5) is 1.97. The van der Waals surface area contributed by atoms with Crippen molar-refractivity contribution >= 4 is 34.6 Å². The third-order valence-electron chi connectivity index (χ3n) is 4.66. The molecule has 0 radical (unpaired) electrons. The highest BCUT2D eigenvalue weighted by atomic mass is 35.5. The van der Waals surface area contributed by atoms with Crippen LogP contribution in [0.25, 0.3) is 0 Å². The molecule has 2 heterocycles. The van der Waals surface area contributed by atoms with Crippen LogP contribution in [0.2, 0.25) is 5.02 Å². The third-order valence-corrected chi connectivity index (χ3v) is 5.28. The Morgan fingerprint density at radius 3 is 2.88 bits per heavy atom. The van der Waals surface area contributed by atoms with Gasteiger partial charge < -0.3 is 14.8 Å². The number of nitrogens with zero attached hydrogens (tertiary/aromatic N) is 1. The standard InChI is InChI=1S/C19H19ClN2O2S/c1-3-23-16-10-6-7-12-14-11-19(2,24-17(12)16)22(18(25)21-14)15-9-5-4-8-13(15)20/h4-10,14H,3,11H2,1-2H3,(H,21,25). The summed E-state index contributed by atoms with van der Waals surface area (Å²) >= 11 is 12.1. The molecular formula is C19H19ClN2O2S. The van der Waals surface area contributed by atoms with Gasteiger partial charge in [-0.1, -0.05) is 35.9 Å². The summed E-state index contributed by atoms with van der Waals surface area (Å²) < 4.78 is 12.3. The Bertz CT molecular complexity index is 844. The van der Waals surface area contributed by atoms with Crippen LogP contribution in [0, 0.1) is 0 Å². The molecule has 1 fully saturated rings. The Labute approximate surface area is 157 Å². The third kappa shape index (κ3) is 2.62. The number of rotatable bonds is 3. The smallest absolute Gasteiger partial charge is 0.188 e. The topological polar surface area (TPSA) is 33.7 Å². The maximum atomic E-state index is 6.48. The molecule has 25 heavy (non-hydrogen) atoms. The lowest BCUT2D eigenvalue weighted by Gasteiger charge is -2.52. The number of anilines is 1. The number of fused-ring (bicyclic) bond motifs is 4. The monoisotopic (exact) mass is 374 g/mol. The lowest BCUT2D eigenvalue weighted by atomic mass is 9.90. The van der Waals surface area contributed by atoms with Crippen molar-refractivity contribution in [2.24, 2.45) is 0 Å². The molecule has 2 atom stereocenters. The van der Waals surface area contributed by atoms with Gasteiger partial charge in [-0.3, -0.25) is 4.90 Å². The molecule has 2 bridgehead atoms. The van der Waals surface area contributed by atoms with E-state index in [2.05, 4.69) is 11.4 Å². The zero-order valence-corrected chi connectivity index (χ0v) is 15.7. The van der Waals surface area contributed by atoms with Crippen molar-refractivity contribution in [1.82, 2.24) is 5.32 Å². The maximum absolute atomic E-state index is 6.48. The summed E-state index contributed by atoms with van der Waals surface area (Å²) in [6.07, 6.45) is 0.751. The first-order valence-corrected chi connectivity index (χ1v) is 9.12. The fraction of sp³-hybridized carbons (Fsp3) is 0.316. The molecule has 0 saturated carbocycles. The summed E-state index contributed by atoms with van der Waals surface area (Å²) in [7, 11) is 0. The van der Waals surface area contributed by atoms with Crippen LogP contribution in [0.3, 0.4) is 0 Å². The molecule has 0 aromatic heterocycles. The Kier molecular flexibility index (Phi) is 4.01. The van der Waals surface area contributed by atoms with Gasteiger partial charge in [0.1, 0.15) is 0 Å². The van der Waals surface area contributed by atoms with Gasteiger partial charge in [0.15, 0.2) is 22.3 Å². The highest BCUT2D eigenvalue weighted by molar-refractivity contribution is 7.80. The molecule has 1 saturated heterocycles. The number of halogens is 1. The number of hydrogen-bond donors (Lipinski definition) is 1. The van der Waals surface area contributed by atoms with E-state index in [0.717, 1.165) is 29.2 Å². The molecule has 130 valence electrons. The second-order valence-corrected chi connectivity index (χ2v) is 7.17. The minimum Gasteiger partial charge on any atom is -0.490 e. The van der Waals surface area contributed by atoms with Crippen molar-refractivity contribution in [1.29, 1.82) is 0 Å². The summed E-state index contributed by atoms with van der Waals surface area (Å²) in [5.74, 6) is 1.53. The van der Waals surface area contributed by atoms with E-state index >= 15 is 0 Å². The van der Waals surface area contributed by atoms with Crippen LogP contribution in [0.15, 0.2) is 42.5 Å². The van der Waals surface area contributed by atoms with Crippen LogP contribution >= 0.6 is 23.8 Å². The molecular weight excluding hydrogens is 356 g/mol. The minimum absolute atomic E-state index is 0.0837. The van der Waals surface area contributed by atoms with E-state index in [1.165, 1.54) is 0 Å². The fourth-order valence-corrected chi connectivity index (χ4v) is 4.28. The van der Waals surface area contributed by atoms with Crippen molar-refractivity contribution in [3.63, 3.8) is 0 Å². The Hall–Kier alpha value is -1.98. The number of hydrogen-bond acceptors (Lipinski definition) is 3. The molecule has 2 aromatic carbocycles. The lowest BCUT2D eigenvalue weighted by Crippen LogP contribution is -2.65. The van der Waals surface area contributed by atoms with Crippen LogP contribution in [-0.4, -0.2) is 17.4 Å². The molecule has 1 N–H and O–H groups in total. The van der Waals surface area contributed by atoms with Crippen molar-refractivity contribution in [3.8, 4) is 11.5 Å². The van der Waals surface area contributed by atoms with E-state index in [1.54, 1.807) is 0 Å². The van der Waals surface area contributed by atoms with E-state index in [-0.39, 0.29) is 6.04 Å². The first-order valence-electron chi connectivity index (χ1n) is 8.33. The van der Waals surface area contributed by atoms with Crippen molar-refractivity contribution < 1.29 is 9.47 Å². The molecule has 4 rings (SSSR count). The number of thiocarbonyl (C=S) groups is 1. The van der Waals surface area contributed by atoms with E-state index in [1.807, 2.05) is 55.1 Å². The van der Waals surface area contributed by atoms with Crippen molar-refractivity contribution in [3.05, 3.63) is 53.1 Å². The zero-order valence-electron chi connectivity index (χ0n) is 14.1. The van der Waals surface area contributed by atoms with Crippen molar-refractivity contribution in [2.75, 3.05) is 11.5 Å². The average Bonchev–Trinajstić information content (AvgIpc) is 2.57. The Morgan fingerprint density at radius 2 is 2.12 bits per heavy atom. The van der Waals surface area contributed by atoms with Crippen LogP contribution in [-0.2, 0) is 0 Å². The molecule has 0 aliphatic carbocycles. The summed E-state index contributed by atoms with van der Waals surface area (Å²) in [5.41, 5.74) is 1.27. The van der Waals surface area contributed by atoms with Crippen LogP contribution in [0.1, 0.15) is 31.9 Å². The predicted octanol–water partition coefficient (Wildman–Crippen LogP) is 4.67. The number of ether oxygens (including phenoxy) is 2. The Morgan fingerprint density at radius 1 is 1.32 bits per heavy atom. The van der Waals surface area contributed by atoms with Crippen LogP contribution in [0.5, 0.6) is 11.5 Å². The highest BCUT2D eigenvalue weighted by Gasteiger charge is 2.49. The van der Waals surface area contributed by atoms with E-state index in [4.69, 9.17) is 33.3 Å². The molecule has 4 nitrogen and oxygen atoms in total. The first kappa shape index (κ1) is 16.5. The predicted molar refractivity (Wildman–Crippen MR) is 104 cm³/mol. The van der Waals surface area contributed by atoms with Crippen LogP contribution < -0.4 is 19.7 Å². The van der Waals surface area contributed by atoms with Gasteiger partial charge >= 0.3 is 0 Å². The van der Waals surface area contributed by atoms with Crippen molar-refractivity contribution in [2.45, 2.75) is 32.0 Å². The number of benzene rings is 2. The summed E-state index contributed by atoms with van der Waals surface area (Å²) in [6, 6.07) is 13.7. The second kappa shape index (κ2) is 6.07. The minimum atomic E-state index is -0.641. The van der Waals surface area contributed by atoms with E-state index < -0.39 is 5.72 Å². The highest BCUT2D eigenvalue weighted by Crippen LogP contribution is 2.49. The normalized spacial score (nSPS) is 24.2. The van der Waals surface area contributed by atoms with Crippen LogP contribution in [0.4, 0.5) is 5.69 Å².